The highest BCUT2D eigenvalue weighted by molar-refractivity contribution is 5.93. The second-order valence-corrected chi connectivity index (χ2v) is 14.1. The molecule has 2 N–H and O–H groups in total. The van der Waals surface area contributed by atoms with Gasteiger partial charge in [0.05, 0.1) is 36.3 Å². The number of halogens is 1. The number of nitrogens with one attached hydrogen (secondary N) is 1. The van der Waals surface area contributed by atoms with Gasteiger partial charge in [-0.05, 0) is 76.3 Å². The quantitative estimate of drug-likeness (QED) is 0.279. The number of furan rings is 1. The molecule has 226 valence electrons. The zero-order valence-corrected chi connectivity index (χ0v) is 24.7. The van der Waals surface area contributed by atoms with E-state index in [4.69, 9.17) is 18.6 Å². The van der Waals surface area contributed by atoms with Gasteiger partial charge in [-0.15, -0.1) is 0 Å². The van der Waals surface area contributed by atoms with Crippen LogP contribution in [-0.4, -0.2) is 53.4 Å². The number of Topliss-reactive ketones (excluding diaryl/α,β-unsaturated/α-hetero) is 1. The van der Waals surface area contributed by atoms with Crippen LogP contribution in [0.3, 0.4) is 0 Å². The summed E-state index contributed by atoms with van der Waals surface area (Å²) < 4.78 is 37.9. The Hall–Kier alpha value is -2.59. The number of rotatable bonds is 7. The van der Waals surface area contributed by atoms with Crippen molar-refractivity contribution in [1.82, 2.24) is 5.32 Å². The predicted octanol–water partition coefficient (Wildman–Crippen LogP) is 4.50. The second kappa shape index (κ2) is 9.21. The van der Waals surface area contributed by atoms with Crippen LogP contribution in [0.15, 0.2) is 47.3 Å². The van der Waals surface area contributed by atoms with Crippen LogP contribution in [0, 0.1) is 33.9 Å². The molecule has 0 bridgehead atoms. The van der Waals surface area contributed by atoms with Crippen LogP contribution in [0.1, 0.15) is 70.6 Å². The fourth-order valence-electron chi connectivity index (χ4n) is 10.1. The fraction of sp³-hybridized carbons (Fsp3) is 0.636. The number of epoxide rings is 1. The minimum Gasteiger partial charge on any atom is -0.472 e. The number of cyclic esters (lactones) is 1. The van der Waals surface area contributed by atoms with E-state index in [1.165, 1.54) is 12.1 Å². The Kier molecular flexibility index (Phi) is 6.18. The Morgan fingerprint density at radius 2 is 1.79 bits per heavy atom. The lowest BCUT2D eigenvalue weighted by Crippen LogP contribution is -2.72. The number of aliphatic hydroxyl groups excluding tert-OH is 1. The number of ether oxygens (including phenoxy) is 3. The topological polar surface area (TPSA) is 111 Å². The first-order valence-corrected chi connectivity index (χ1v) is 15.1. The summed E-state index contributed by atoms with van der Waals surface area (Å²) in [6, 6.07) is 8.23. The van der Waals surface area contributed by atoms with Crippen molar-refractivity contribution in [2.24, 2.45) is 28.1 Å². The summed E-state index contributed by atoms with van der Waals surface area (Å²) in [4.78, 5) is 27.8. The molecule has 2 aromatic rings. The number of esters is 1. The molecule has 2 aliphatic carbocycles. The number of hydrogen-bond donors (Lipinski definition) is 2. The predicted molar refractivity (Wildman–Crippen MR) is 148 cm³/mol. The SMILES string of the molecule is CC1(C)OC(CCNCc2ccc(F)cc2)C2(CO)[C@H]3CC[C@@]4(C)[C@H](c5ccoc5)OC(=O)[C@H]5O[C@]54[C@]3(C)C(=O)C[C@@H]12. The minimum atomic E-state index is -1.04. The van der Waals surface area contributed by atoms with Gasteiger partial charge in [-0.3, -0.25) is 4.79 Å². The van der Waals surface area contributed by atoms with Gasteiger partial charge in [0.25, 0.3) is 0 Å². The Morgan fingerprint density at radius 1 is 1.02 bits per heavy atom. The van der Waals surface area contributed by atoms with E-state index < -0.39 is 45.6 Å². The Labute approximate surface area is 245 Å². The van der Waals surface area contributed by atoms with Crippen molar-refractivity contribution in [1.29, 1.82) is 0 Å². The maximum Gasteiger partial charge on any atom is 0.339 e. The molecule has 42 heavy (non-hydrogen) atoms. The zero-order chi connectivity index (χ0) is 29.7. The summed E-state index contributed by atoms with van der Waals surface area (Å²) in [5.41, 5.74) is -2.28. The van der Waals surface area contributed by atoms with Gasteiger partial charge >= 0.3 is 5.97 Å². The normalized spacial score (nSPS) is 43.1. The van der Waals surface area contributed by atoms with Crippen LogP contribution in [0.2, 0.25) is 0 Å². The van der Waals surface area contributed by atoms with Crippen LogP contribution in [0.4, 0.5) is 4.39 Å². The van der Waals surface area contributed by atoms with Crippen LogP contribution in [0.5, 0.6) is 0 Å². The number of ketones is 1. The summed E-state index contributed by atoms with van der Waals surface area (Å²) in [5, 5.41) is 14.8. The van der Waals surface area contributed by atoms with Gasteiger partial charge in [-0.1, -0.05) is 19.1 Å². The summed E-state index contributed by atoms with van der Waals surface area (Å²) in [5.74, 6) is -1.07. The van der Waals surface area contributed by atoms with Crippen LogP contribution >= 0.6 is 0 Å². The lowest BCUT2D eigenvalue weighted by molar-refractivity contribution is -0.217. The van der Waals surface area contributed by atoms with Crippen molar-refractivity contribution in [2.75, 3.05) is 13.2 Å². The van der Waals surface area contributed by atoms with E-state index in [1.54, 1.807) is 24.7 Å². The fourth-order valence-corrected chi connectivity index (χ4v) is 10.1. The summed E-state index contributed by atoms with van der Waals surface area (Å²) >= 11 is 0. The number of benzene rings is 1. The third-order valence-electron chi connectivity index (χ3n) is 12.0. The molecule has 8 nitrogen and oxygen atoms in total. The van der Waals surface area contributed by atoms with Crippen molar-refractivity contribution in [3.8, 4) is 0 Å². The smallest absolute Gasteiger partial charge is 0.339 e. The molecular formula is C33H40FNO7. The molecule has 1 spiro atoms. The van der Waals surface area contributed by atoms with Crippen molar-refractivity contribution in [3.63, 3.8) is 0 Å². The molecular weight excluding hydrogens is 541 g/mol. The molecule has 5 fully saturated rings. The minimum absolute atomic E-state index is 0.0717. The highest BCUT2D eigenvalue weighted by atomic mass is 19.1. The van der Waals surface area contributed by atoms with Crippen molar-refractivity contribution < 1.29 is 37.7 Å². The van der Waals surface area contributed by atoms with Crippen LogP contribution in [0.25, 0.3) is 0 Å². The number of fused-ring (bicyclic) bond motifs is 3. The summed E-state index contributed by atoms with van der Waals surface area (Å²) in [6.07, 6.45) is 3.65. The summed E-state index contributed by atoms with van der Waals surface area (Å²) in [6.45, 7) is 9.20. The maximum absolute atomic E-state index is 14.5. The second-order valence-electron chi connectivity index (χ2n) is 14.1. The first-order chi connectivity index (χ1) is 20.0. The number of aliphatic hydroxyl groups is 1. The van der Waals surface area contributed by atoms with Gasteiger partial charge in [0.15, 0.2) is 6.10 Å². The molecule has 9 heteroatoms. The largest absolute Gasteiger partial charge is 0.472 e. The number of carbonyl (C=O) groups excluding carboxylic acids is 2. The average Bonchev–Trinajstić information content (AvgIpc) is 3.45. The van der Waals surface area contributed by atoms with E-state index >= 15 is 0 Å². The molecule has 0 radical (unpaired) electrons. The lowest BCUT2D eigenvalue weighted by Gasteiger charge is -2.64. The first-order valence-electron chi connectivity index (χ1n) is 15.1. The van der Waals surface area contributed by atoms with E-state index in [-0.39, 0.29) is 42.6 Å². The Balaban J connectivity index is 1.23. The van der Waals surface area contributed by atoms with Gasteiger partial charge < -0.3 is 29.1 Å². The molecule has 1 aromatic heterocycles. The van der Waals surface area contributed by atoms with E-state index in [0.717, 1.165) is 11.1 Å². The van der Waals surface area contributed by atoms with Gasteiger partial charge in [-0.25, -0.2) is 9.18 Å². The van der Waals surface area contributed by atoms with Gasteiger partial charge in [-0.2, -0.15) is 0 Å². The molecule has 0 amide bonds. The molecule has 1 aromatic carbocycles. The van der Waals surface area contributed by atoms with Crippen molar-refractivity contribution in [2.45, 2.75) is 89.4 Å². The van der Waals surface area contributed by atoms with Gasteiger partial charge in [0.1, 0.15) is 23.3 Å². The van der Waals surface area contributed by atoms with Gasteiger partial charge in [0.2, 0.25) is 0 Å². The van der Waals surface area contributed by atoms with Crippen molar-refractivity contribution >= 4 is 11.8 Å². The maximum atomic E-state index is 14.5. The van der Waals surface area contributed by atoms with Gasteiger partial charge in [0, 0.05) is 35.3 Å². The van der Waals surface area contributed by atoms with Crippen LogP contribution in [-0.2, 0) is 30.3 Å². The van der Waals surface area contributed by atoms with Crippen molar-refractivity contribution in [3.05, 3.63) is 59.8 Å². The van der Waals surface area contributed by atoms with E-state index in [0.29, 0.717) is 32.4 Å². The molecule has 2 unspecified atom stereocenters. The Bertz CT molecular complexity index is 1390. The molecule has 7 rings (SSSR count). The molecule has 9 atom stereocenters. The summed E-state index contributed by atoms with van der Waals surface area (Å²) in [7, 11) is 0. The Morgan fingerprint density at radius 3 is 2.48 bits per heavy atom. The highest BCUT2D eigenvalue weighted by Crippen LogP contribution is 2.79. The average molecular weight is 582 g/mol. The molecule has 4 heterocycles. The number of hydrogen-bond acceptors (Lipinski definition) is 8. The van der Waals surface area contributed by atoms with E-state index in [2.05, 4.69) is 12.2 Å². The van der Waals surface area contributed by atoms with E-state index in [1.807, 2.05) is 26.8 Å². The third kappa shape index (κ3) is 3.42. The van der Waals surface area contributed by atoms with E-state index in [9.17, 15) is 19.1 Å². The zero-order valence-electron chi connectivity index (χ0n) is 24.7. The first kappa shape index (κ1) is 28.2. The highest BCUT2D eigenvalue weighted by Gasteiger charge is 2.89. The third-order valence-corrected chi connectivity index (χ3v) is 12.0. The molecule has 3 saturated heterocycles. The lowest BCUT2D eigenvalue weighted by atomic mass is 9.37. The molecule has 5 aliphatic rings. The monoisotopic (exact) mass is 581 g/mol. The van der Waals surface area contributed by atoms with Crippen LogP contribution < -0.4 is 5.32 Å². The molecule has 2 saturated carbocycles. The number of carbonyl (C=O) groups is 2. The standard InChI is InChI=1S/C33H40FNO7/c1-29(2)23-15-24(37)31(4)22(32(23,18-36)25(41-29)10-13-35-16-19-5-7-21(34)8-6-19)9-12-30(3)26(20-11-14-39-17-20)40-28(38)27-33(30,31)42-27/h5-8,11,14,17,22-23,25-27,35-36H,9-10,12-13,15-16,18H2,1-4H3/t22-,23-,25?,26-,27+,30-,31-,32?,33+/m0/s1. The molecule has 3 aliphatic heterocycles.